The van der Waals surface area contributed by atoms with Crippen molar-refractivity contribution in [3.8, 4) is 6.07 Å². The number of methoxy groups -OCH3 is 1. The number of aryl methyl sites for hydroxylation is 1. The molecule has 3 aliphatic rings. The minimum absolute atomic E-state index is 0.0238. The van der Waals surface area contributed by atoms with Gasteiger partial charge in [0.25, 0.3) is 0 Å². The molecule has 5 heteroatoms. The molecule has 5 rings (SSSR count). The standard InChI is InChI=1S/C17H17N3O2/c1-3-20-13-6-11(7-18)4-5-12(13)19-14(20)16-8-17(9-16,10-16)15(21)22-2/h4-6H,3,8-10H2,1-2H3. The minimum atomic E-state index is -0.261. The van der Waals surface area contributed by atoms with Gasteiger partial charge in [-0.15, -0.1) is 0 Å². The molecule has 2 aromatic rings. The van der Waals surface area contributed by atoms with E-state index in [9.17, 15) is 4.79 Å². The van der Waals surface area contributed by atoms with E-state index >= 15 is 0 Å². The maximum atomic E-state index is 11.9. The van der Waals surface area contributed by atoms with Crippen molar-refractivity contribution in [1.29, 1.82) is 5.26 Å². The van der Waals surface area contributed by atoms with Crippen LogP contribution in [0.5, 0.6) is 0 Å². The summed E-state index contributed by atoms with van der Waals surface area (Å²) >= 11 is 0. The number of hydrogen-bond donors (Lipinski definition) is 0. The molecule has 0 N–H and O–H groups in total. The molecule has 0 spiro atoms. The SMILES string of the molecule is CCn1c(C23CC(C(=O)OC)(C2)C3)nc2ccc(C#N)cc21. The van der Waals surface area contributed by atoms with Crippen LogP contribution in [0.25, 0.3) is 11.0 Å². The van der Waals surface area contributed by atoms with Crippen molar-refractivity contribution in [2.45, 2.75) is 38.1 Å². The predicted molar refractivity (Wildman–Crippen MR) is 80.1 cm³/mol. The Morgan fingerprint density at radius 2 is 2.18 bits per heavy atom. The highest BCUT2D eigenvalue weighted by atomic mass is 16.5. The van der Waals surface area contributed by atoms with Gasteiger partial charge < -0.3 is 9.30 Å². The summed E-state index contributed by atoms with van der Waals surface area (Å²) in [5, 5.41) is 9.08. The molecule has 0 radical (unpaired) electrons. The second kappa shape index (κ2) is 4.10. The lowest BCUT2D eigenvalue weighted by Gasteiger charge is -2.67. The first-order chi connectivity index (χ1) is 10.6. The van der Waals surface area contributed by atoms with Crippen LogP contribution >= 0.6 is 0 Å². The predicted octanol–water partition coefficient (Wildman–Crippen LogP) is 2.52. The monoisotopic (exact) mass is 295 g/mol. The van der Waals surface area contributed by atoms with E-state index in [2.05, 4.69) is 17.6 Å². The fraction of sp³-hybridized carbons (Fsp3) is 0.471. The van der Waals surface area contributed by atoms with E-state index in [0.717, 1.165) is 42.7 Å². The van der Waals surface area contributed by atoms with Gasteiger partial charge in [0.1, 0.15) is 5.82 Å². The van der Waals surface area contributed by atoms with Gasteiger partial charge >= 0.3 is 5.97 Å². The summed E-state index contributed by atoms with van der Waals surface area (Å²) in [7, 11) is 1.46. The lowest BCUT2D eigenvalue weighted by atomic mass is 9.35. The number of fused-ring (bicyclic) bond motifs is 1. The van der Waals surface area contributed by atoms with Crippen LogP contribution in [0.15, 0.2) is 18.2 Å². The number of hydrogen-bond acceptors (Lipinski definition) is 4. The first kappa shape index (κ1) is 13.3. The topological polar surface area (TPSA) is 67.9 Å². The van der Waals surface area contributed by atoms with Crippen molar-refractivity contribution in [1.82, 2.24) is 9.55 Å². The molecule has 3 aliphatic carbocycles. The summed E-state index contributed by atoms with van der Waals surface area (Å²) in [6.07, 6.45) is 2.50. The normalized spacial score (nSPS) is 28.6. The second-order valence-electron chi connectivity index (χ2n) is 6.58. The van der Waals surface area contributed by atoms with Crippen molar-refractivity contribution in [3.05, 3.63) is 29.6 Å². The number of esters is 1. The fourth-order valence-corrected chi connectivity index (χ4v) is 4.38. The molecule has 0 aliphatic heterocycles. The third-order valence-corrected chi connectivity index (χ3v) is 5.32. The van der Waals surface area contributed by atoms with Crippen molar-refractivity contribution in [2.75, 3.05) is 7.11 Å². The van der Waals surface area contributed by atoms with Gasteiger partial charge in [0.2, 0.25) is 0 Å². The largest absolute Gasteiger partial charge is 0.469 e. The summed E-state index contributed by atoms with van der Waals surface area (Å²) in [4.78, 5) is 16.7. The molecule has 0 atom stereocenters. The van der Waals surface area contributed by atoms with Crippen LogP contribution in [0.4, 0.5) is 0 Å². The van der Waals surface area contributed by atoms with E-state index in [0.29, 0.717) is 5.56 Å². The van der Waals surface area contributed by atoms with Gasteiger partial charge in [-0.25, -0.2) is 4.98 Å². The van der Waals surface area contributed by atoms with Crippen LogP contribution in [0, 0.1) is 16.7 Å². The number of nitriles is 1. The van der Waals surface area contributed by atoms with Crippen molar-refractivity contribution >= 4 is 17.0 Å². The molecule has 1 aromatic carbocycles. The summed E-state index contributed by atoms with van der Waals surface area (Å²) in [6, 6.07) is 7.79. The fourth-order valence-electron chi connectivity index (χ4n) is 4.38. The summed E-state index contributed by atoms with van der Waals surface area (Å²) in [5.74, 6) is 0.978. The number of carbonyl (C=O) groups is 1. The van der Waals surface area contributed by atoms with Crippen LogP contribution in [0.3, 0.4) is 0 Å². The third kappa shape index (κ3) is 1.42. The van der Waals surface area contributed by atoms with E-state index in [1.54, 1.807) is 6.07 Å². The molecule has 22 heavy (non-hydrogen) atoms. The number of carbonyl (C=O) groups excluding carboxylic acids is 1. The van der Waals surface area contributed by atoms with Crippen LogP contribution in [0.2, 0.25) is 0 Å². The minimum Gasteiger partial charge on any atom is -0.469 e. The molecule has 5 nitrogen and oxygen atoms in total. The number of ether oxygens (including phenoxy) is 1. The molecule has 2 bridgehead atoms. The van der Waals surface area contributed by atoms with Crippen molar-refractivity contribution < 1.29 is 9.53 Å². The van der Waals surface area contributed by atoms with E-state index in [-0.39, 0.29) is 16.8 Å². The Hall–Kier alpha value is -2.35. The Balaban J connectivity index is 1.76. The molecule has 112 valence electrons. The number of rotatable bonds is 3. The first-order valence-corrected chi connectivity index (χ1v) is 7.57. The van der Waals surface area contributed by atoms with Gasteiger partial charge in [0, 0.05) is 12.0 Å². The summed E-state index contributed by atoms with van der Waals surface area (Å²) in [5.41, 5.74) is 2.35. The highest BCUT2D eigenvalue weighted by Crippen LogP contribution is 2.73. The number of nitrogens with zero attached hydrogens (tertiary/aromatic N) is 3. The second-order valence-corrected chi connectivity index (χ2v) is 6.58. The molecule has 1 heterocycles. The Morgan fingerprint density at radius 1 is 1.45 bits per heavy atom. The smallest absolute Gasteiger partial charge is 0.311 e. The molecular formula is C17H17N3O2. The van der Waals surface area contributed by atoms with E-state index in [1.165, 1.54) is 7.11 Å². The maximum Gasteiger partial charge on any atom is 0.311 e. The Morgan fingerprint density at radius 3 is 2.77 bits per heavy atom. The van der Waals surface area contributed by atoms with Gasteiger partial charge in [-0.05, 0) is 44.4 Å². The molecule has 3 saturated carbocycles. The highest BCUT2D eigenvalue weighted by molar-refractivity contribution is 5.83. The van der Waals surface area contributed by atoms with E-state index in [1.807, 2.05) is 12.1 Å². The zero-order valence-electron chi connectivity index (χ0n) is 12.7. The van der Waals surface area contributed by atoms with Crippen LogP contribution < -0.4 is 0 Å². The number of benzene rings is 1. The molecule has 3 fully saturated rings. The van der Waals surface area contributed by atoms with E-state index < -0.39 is 0 Å². The molecule has 0 unspecified atom stereocenters. The van der Waals surface area contributed by atoms with Crippen molar-refractivity contribution in [3.63, 3.8) is 0 Å². The van der Waals surface area contributed by atoms with E-state index in [4.69, 9.17) is 15.0 Å². The zero-order chi connectivity index (χ0) is 15.5. The van der Waals surface area contributed by atoms with Gasteiger partial charge in [0.15, 0.2) is 0 Å². The van der Waals surface area contributed by atoms with Gasteiger partial charge in [-0.1, -0.05) is 0 Å². The zero-order valence-corrected chi connectivity index (χ0v) is 12.7. The van der Waals surface area contributed by atoms with Gasteiger partial charge in [-0.2, -0.15) is 5.26 Å². The lowest BCUT2D eigenvalue weighted by molar-refractivity contribution is -0.200. The average Bonchev–Trinajstić information content (AvgIpc) is 2.81. The molecule has 0 saturated heterocycles. The number of imidazole rings is 1. The Bertz CT molecular complexity index is 824. The van der Waals surface area contributed by atoms with Gasteiger partial charge in [-0.3, -0.25) is 4.79 Å². The highest BCUT2D eigenvalue weighted by Gasteiger charge is 2.74. The van der Waals surface area contributed by atoms with Crippen LogP contribution in [-0.2, 0) is 21.5 Å². The van der Waals surface area contributed by atoms with Crippen molar-refractivity contribution in [2.24, 2.45) is 5.41 Å². The molecule has 0 amide bonds. The molecular weight excluding hydrogens is 278 g/mol. The average molecular weight is 295 g/mol. The summed E-state index contributed by atoms with van der Waals surface area (Å²) < 4.78 is 7.11. The van der Waals surface area contributed by atoms with Crippen LogP contribution in [-0.4, -0.2) is 22.6 Å². The summed E-state index contributed by atoms with van der Waals surface area (Å²) in [6.45, 7) is 2.90. The number of aromatic nitrogens is 2. The quantitative estimate of drug-likeness (QED) is 0.816. The lowest BCUT2D eigenvalue weighted by Crippen LogP contribution is -2.68. The maximum absolute atomic E-state index is 11.9. The van der Waals surface area contributed by atoms with Crippen LogP contribution in [0.1, 0.15) is 37.6 Å². The first-order valence-electron chi connectivity index (χ1n) is 7.57. The van der Waals surface area contributed by atoms with Gasteiger partial charge in [0.05, 0.1) is 35.2 Å². The third-order valence-electron chi connectivity index (χ3n) is 5.32. The molecule has 1 aromatic heterocycles. The Labute approximate surface area is 128 Å². The Kier molecular flexibility index (Phi) is 2.48.